The fraction of sp³-hybridized carbons (Fsp3) is 0.312. The standard InChI is InChI=1S/C16H18BrNO2/c1-3-16(2,20)10-18-15(19)13-5-4-12-9-14(17)7-6-11(12)8-13/h4-9,20H,3,10H2,1-2H3,(H,18,19). The highest BCUT2D eigenvalue weighted by atomic mass is 79.9. The van der Waals surface area contributed by atoms with Gasteiger partial charge >= 0.3 is 0 Å². The van der Waals surface area contributed by atoms with E-state index in [9.17, 15) is 9.90 Å². The molecule has 4 heteroatoms. The van der Waals surface area contributed by atoms with Crippen molar-refractivity contribution in [1.29, 1.82) is 0 Å². The Balaban J connectivity index is 2.16. The molecular formula is C16H18BrNO2. The Morgan fingerprint density at radius 2 is 1.90 bits per heavy atom. The molecule has 0 aromatic heterocycles. The molecule has 0 aliphatic heterocycles. The minimum atomic E-state index is -0.864. The summed E-state index contributed by atoms with van der Waals surface area (Å²) in [5.74, 6) is -0.163. The van der Waals surface area contributed by atoms with Crippen molar-refractivity contribution >= 4 is 32.6 Å². The predicted molar refractivity (Wildman–Crippen MR) is 84.9 cm³/mol. The van der Waals surface area contributed by atoms with Crippen LogP contribution in [0.2, 0.25) is 0 Å². The average Bonchev–Trinajstić information content (AvgIpc) is 2.44. The van der Waals surface area contributed by atoms with Crippen LogP contribution in [0.15, 0.2) is 40.9 Å². The molecule has 1 amide bonds. The lowest BCUT2D eigenvalue weighted by Crippen LogP contribution is -2.40. The number of hydrogen-bond acceptors (Lipinski definition) is 2. The number of aliphatic hydroxyl groups is 1. The normalized spacial score (nSPS) is 14.0. The summed E-state index contributed by atoms with van der Waals surface area (Å²) in [4.78, 5) is 12.1. The molecule has 0 saturated heterocycles. The topological polar surface area (TPSA) is 49.3 Å². The summed E-state index contributed by atoms with van der Waals surface area (Å²) in [6.07, 6.45) is 0.596. The molecule has 3 nitrogen and oxygen atoms in total. The van der Waals surface area contributed by atoms with Gasteiger partial charge in [0, 0.05) is 16.6 Å². The minimum absolute atomic E-state index is 0.163. The van der Waals surface area contributed by atoms with E-state index < -0.39 is 5.60 Å². The van der Waals surface area contributed by atoms with Crippen molar-refractivity contribution in [2.75, 3.05) is 6.54 Å². The molecule has 2 N–H and O–H groups in total. The third kappa shape index (κ3) is 3.58. The van der Waals surface area contributed by atoms with Gasteiger partial charge in [-0.05, 0) is 48.4 Å². The summed E-state index contributed by atoms with van der Waals surface area (Å²) < 4.78 is 1.01. The smallest absolute Gasteiger partial charge is 0.251 e. The highest BCUT2D eigenvalue weighted by molar-refractivity contribution is 9.10. The van der Waals surface area contributed by atoms with Crippen LogP contribution in [0.3, 0.4) is 0 Å². The van der Waals surface area contributed by atoms with E-state index in [2.05, 4.69) is 21.2 Å². The van der Waals surface area contributed by atoms with Gasteiger partial charge in [-0.3, -0.25) is 4.79 Å². The second-order valence-corrected chi connectivity index (χ2v) is 6.16. The molecule has 0 aliphatic rings. The lowest BCUT2D eigenvalue weighted by Gasteiger charge is -2.21. The molecule has 2 aromatic carbocycles. The van der Waals surface area contributed by atoms with E-state index in [1.165, 1.54) is 0 Å². The van der Waals surface area contributed by atoms with E-state index in [4.69, 9.17) is 0 Å². The van der Waals surface area contributed by atoms with Crippen molar-refractivity contribution in [3.8, 4) is 0 Å². The van der Waals surface area contributed by atoms with Crippen LogP contribution < -0.4 is 5.32 Å². The molecule has 0 heterocycles. The van der Waals surface area contributed by atoms with Gasteiger partial charge in [-0.15, -0.1) is 0 Å². The first-order chi connectivity index (χ1) is 9.41. The fourth-order valence-electron chi connectivity index (χ4n) is 1.86. The van der Waals surface area contributed by atoms with Gasteiger partial charge in [0.1, 0.15) is 0 Å². The van der Waals surface area contributed by atoms with Gasteiger partial charge in [0.15, 0.2) is 0 Å². The van der Waals surface area contributed by atoms with Crippen LogP contribution in [0.1, 0.15) is 30.6 Å². The van der Waals surface area contributed by atoms with Crippen molar-refractivity contribution in [3.63, 3.8) is 0 Å². The number of fused-ring (bicyclic) bond motifs is 1. The Bertz CT molecular complexity index is 637. The number of carbonyl (C=O) groups is 1. The molecule has 0 aliphatic carbocycles. The number of carbonyl (C=O) groups excluding carboxylic acids is 1. The zero-order valence-electron chi connectivity index (χ0n) is 11.6. The van der Waals surface area contributed by atoms with Gasteiger partial charge < -0.3 is 10.4 Å². The van der Waals surface area contributed by atoms with Gasteiger partial charge in [-0.25, -0.2) is 0 Å². The predicted octanol–water partition coefficient (Wildman–Crippen LogP) is 3.49. The monoisotopic (exact) mass is 335 g/mol. The summed E-state index contributed by atoms with van der Waals surface area (Å²) in [6, 6.07) is 11.5. The Kier molecular flexibility index (Phi) is 4.45. The molecule has 2 aromatic rings. The zero-order chi connectivity index (χ0) is 14.8. The van der Waals surface area contributed by atoms with Crippen LogP contribution >= 0.6 is 15.9 Å². The van der Waals surface area contributed by atoms with Crippen molar-refractivity contribution < 1.29 is 9.90 Å². The molecule has 0 radical (unpaired) electrons. The Morgan fingerprint density at radius 1 is 1.25 bits per heavy atom. The van der Waals surface area contributed by atoms with E-state index >= 15 is 0 Å². The Hall–Kier alpha value is -1.39. The maximum Gasteiger partial charge on any atom is 0.251 e. The number of hydrogen-bond donors (Lipinski definition) is 2. The molecular weight excluding hydrogens is 318 g/mol. The van der Waals surface area contributed by atoms with Gasteiger partial charge in [-0.1, -0.05) is 35.0 Å². The maximum absolute atomic E-state index is 12.1. The summed E-state index contributed by atoms with van der Waals surface area (Å²) >= 11 is 3.43. The van der Waals surface area contributed by atoms with Gasteiger partial charge in [0.2, 0.25) is 0 Å². The van der Waals surface area contributed by atoms with E-state index in [1.807, 2.05) is 37.3 Å². The summed E-state index contributed by atoms with van der Waals surface area (Å²) in [5.41, 5.74) is -0.260. The Labute approximate surface area is 127 Å². The van der Waals surface area contributed by atoms with Crippen LogP contribution in [-0.2, 0) is 0 Å². The number of halogens is 1. The summed E-state index contributed by atoms with van der Waals surface area (Å²) in [7, 11) is 0. The van der Waals surface area contributed by atoms with Crippen molar-refractivity contribution in [2.45, 2.75) is 25.9 Å². The molecule has 0 saturated carbocycles. The number of amides is 1. The first kappa shape index (κ1) is 15.0. The summed E-state index contributed by atoms with van der Waals surface area (Å²) in [6.45, 7) is 3.85. The molecule has 1 unspecified atom stereocenters. The lowest BCUT2D eigenvalue weighted by molar-refractivity contribution is 0.0518. The summed E-state index contributed by atoms with van der Waals surface area (Å²) in [5, 5.41) is 14.8. The molecule has 0 fully saturated rings. The van der Waals surface area contributed by atoms with Crippen molar-refractivity contribution in [3.05, 3.63) is 46.4 Å². The molecule has 0 spiro atoms. The lowest BCUT2D eigenvalue weighted by atomic mass is 10.0. The van der Waals surface area contributed by atoms with Gasteiger partial charge in [-0.2, -0.15) is 0 Å². The highest BCUT2D eigenvalue weighted by Crippen LogP contribution is 2.21. The average molecular weight is 336 g/mol. The van der Waals surface area contributed by atoms with Crippen LogP contribution in [0.25, 0.3) is 10.8 Å². The second kappa shape index (κ2) is 5.94. The molecule has 20 heavy (non-hydrogen) atoms. The van der Waals surface area contributed by atoms with E-state index in [-0.39, 0.29) is 12.5 Å². The molecule has 0 bridgehead atoms. The number of rotatable bonds is 4. The van der Waals surface area contributed by atoms with Crippen LogP contribution in [0, 0.1) is 0 Å². The van der Waals surface area contributed by atoms with E-state index in [0.717, 1.165) is 15.2 Å². The van der Waals surface area contributed by atoms with Crippen molar-refractivity contribution in [1.82, 2.24) is 5.32 Å². The quantitative estimate of drug-likeness (QED) is 0.898. The fourth-order valence-corrected chi connectivity index (χ4v) is 2.23. The third-order valence-corrected chi connectivity index (χ3v) is 3.95. The first-order valence-corrected chi connectivity index (χ1v) is 7.40. The van der Waals surface area contributed by atoms with Gasteiger partial charge in [0.25, 0.3) is 5.91 Å². The van der Waals surface area contributed by atoms with E-state index in [1.54, 1.807) is 13.0 Å². The Morgan fingerprint density at radius 3 is 2.60 bits per heavy atom. The zero-order valence-corrected chi connectivity index (χ0v) is 13.2. The first-order valence-electron chi connectivity index (χ1n) is 6.61. The third-order valence-electron chi connectivity index (χ3n) is 3.46. The van der Waals surface area contributed by atoms with E-state index in [0.29, 0.717) is 12.0 Å². The molecule has 2 rings (SSSR count). The molecule has 1 atom stereocenters. The SMILES string of the molecule is CCC(C)(O)CNC(=O)c1ccc2cc(Br)ccc2c1. The van der Waals surface area contributed by atoms with Crippen LogP contribution in [0.5, 0.6) is 0 Å². The maximum atomic E-state index is 12.1. The van der Waals surface area contributed by atoms with Crippen LogP contribution in [0.4, 0.5) is 0 Å². The van der Waals surface area contributed by atoms with Crippen molar-refractivity contribution in [2.24, 2.45) is 0 Å². The largest absolute Gasteiger partial charge is 0.388 e. The second-order valence-electron chi connectivity index (χ2n) is 5.24. The van der Waals surface area contributed by atoms with Gasteiger partial charge in [0.05, 0.1) is 5.60 Å². The molecule has 106 valence electrons. The highest BCUT2D eigenvalue weighted by Gasteiger charge is 2.18. The van der Waals surface area contributed by atoms with Crippen LogP contribution in [-0.4, -0.2) is 23.2 Å². The number of nitrogens with one attached hydrogen (secondary N) is 1. The number of benzene rings is 2. The minimum Gasteiger partial charge on any atom is -0.388 e.